The third-order valence-corrected chi connectivity index (χ3v) is 5.54. The fourth-order valence-electron chi connectivity index (χ4n) is 2.82. The first-order valence-electron chi connectivity index (χ1n) is 8.92. The second-order valence-electron chi connectivity index (χ2n) is 6.52. The summed E-state index contributed by atoms with van der Waals surface area (Å²) in [4.78, 5) is 26.5. The highest BCUT2D eigenvalue weighted by Gasteiger charge is 2.30. The molecular formula is C20H24FN3O4S. The number of rotatable bonds is 8. The van der Waals surface area contributed by atoms with Crippen LogP contribution in [0.1, 0.15) is 12.5 Å². The molecule has 0 aromatic heterocycles. The number of benzene rings is 2. The first-order valence-corrected chi connectivity index (χ1v) is 10.8. The Kier molecular flexibility index (Phi) is 7.33. The molecule has 0 saturated heterocycles. The Hall–Kier alpha value is -2.94. The van der Waals surface area contributed by atoms with Gasteiger partial charge in [0.25, 0.3) is 0 Å². The van der Waals surface area contributed by atoms with Gasteiger partial charge in [0.2, 0.25) is 21.8 Å². The minimum atomic E-state index is -3.95. The lowest BCUT2D eigenvalue weighted by Crippen LogP contribution is -2.50. The summed E-state index contributed by atoms with van der Waals surface area (Å²) >= 11 is 0. The quantitative estimate of drug-likeness (QED) is 0.704. The van der Waals surface area contributed by atoms with Crippen molar-refractivity contribution >= 4 is 27.5 Å². The summed E-state index contributed by atoms with van der Waals surface area (Å²) in [5.41, 5.74) is 0.545. The summed E-state index contributed by atoms with van der Waals surface area (Å²) in [5.74, 6) is -1.79. The van der Waals surface area contributed by atoms with Crippen LogP contribution in [0.2, 0.25) is 0 Å². The lowest BCUT2D eigenvalue weighted by Gasteiger charge is -2.31. The monoisotopic (exact) mass is 421 g/mol. The number of anilines is 1. The lowest BCUT2D eigenvalue weighted by molar-refractivity contribution is -0.139. The molecule has 0 heterocycles. The second kappa shape index (κ2) is 9.51. The minimum Gasteiger partial charge on any atom is -0.357 e. The number of likely N-dealkylation sites (N-methyl/N-ethyl adjacent to an activating group) is 1. The van der Waals surface area contributed by atoms with E-state index in [1.165, 1.54) is 30.1 Å². The summed E-state index contributed by atoms with van der Waals surface area (Å²) < 4.78 is 39.5. The molecule has 0 saturated carbocycles. The van der Waals surface area contributed by atoms with Crippen molar-refractivity contribution in [2.45, 2.75) is 19.5 Å². The maximum absolute atomic E-state index is 14.2. The summed E-state index contributed by atoms with van der Waals surface area (Å²) in [6.07, 6.45) is 0.899. The van der Waals surface area contributed by atoms with Gasteiger partial charge in [0.1, 0.15) is 18.4 Å². The molecule has 2 rings (SSSR count). The summed E-state index contributed by atoms with van der Waals surface area (Å²) in [5, 5.41) is 2.49. The van der Waals surface area contributed by atoms with E-state index >= 15 is 0 Å². The predicted octanol–water partition coefficient (Wildman–Crippen LogP) is 1.75. The molecule has 1 N–H and O–H groups in total. The van der Waals surface area contributed by atoms with Crippen LogP contribution in [0, 0.1) is 5.82 Å². The molecule has 156 valence electrons. The molecule has 0 aliphatic carbocycles. The topological polar surface area (TPSA) is 86.8 Å². The van der Waals surface area contributed by atoms with Gasteiger partial charge in [-0.2, -0.15) is 0 Å². The molecule has 29 heavy (non-hydrogen) atoms. The number of sulfonamides is 1. The van der Waals surface area contributed by atoms with Crippen LogP contribution in [0.4, 0.5) is 10.1 Å². The lowest BCUT2D eigenvalue weighted by atomic mass is 10.1. The van der Waals surface area contributed by atoms with Gasteiger partial charge in [0.05, 0.1) is 11.9 Å². The highest BCUT2D eigenvalue weighted by molar-refractivity contribution is 7.92. The van der Waals surface area contributed by atoms with Gasteiger partial charge in [0.15, 0.2) is 0 Å². The van der Waals surface area contributed by atoms with Crippen molar-refractivity contribution in [3.63, 3.8) is 0 Å². The molecule has 2 aromatic rings. The van der Waals surface area contributed by atoms with E-state index in [9.17, 15) is 22.4 Å². The zero-order valence-corrected chi connectivity index (χ0v) is 17.3. The Morgan fingerprint density at radius 3 is 2.21 bits per heavy atom. The van der Waals surface area contributed by atoms with Crippen molar-refractivity contribution in [2.75, 3.05) is 24.2 Å². The predicted molar refractivity (Wildman–Crippen MR) is 109 cm³/mol. The van der Waals surface area contributed by atoms with E-state index in [2.05, 4.69) is 5.32 Å². The number of halogens is 1. The molecule has 0 bridgehead atoms. The van der Waals surface area contributed by atoms with Gasteiger partial charge in [-0.1, -0.05) is 42.5 Å². The Morgan fingerprint density at radius 1 is 1.07 bits per heavy atom. The molecule has 1 unspecified atom stereocenters. The van der Waals surface area contributed by atoms with Crippen LogP contribution in [-0.2, 0) is 26.2 Å². The fourth-order valence-corrected chi connectivity index (χ4v) is 3.67. The normalized spacial score (nSPS) is 12.1. The van der Waals surface area contributed by atoms with E-state index in [0.717, 1.165) is 17.9 Å². The van der Waals surface area contributed by atoms with E-state index in [0.29, 0.717) is 4.31 Å². The van der Waals surface area contributed by atoms with E-state index in [1.807, 2.05) is 6.07 Å². The molecule has 0 radical (unpaired) electrons. The number of amides is 2. The fraction of sp³-hybridized carbons (Fsp3) is 0.300. The Labute approximate surface area is 170 Å². The minimum absolute atomic E-state index is 0.100. The first-order chi connectivity index (χ1) is 13.6. The van der Waals surface area contributed by atoms with Crippen LogP contribution in [0.3, 0.4) is 0 Å². The van der Waals surface area contributed by atoms with E-state index < -0.39 is 40.2 Å². The third-order valence-electron chi connectivity index (χ3n) is 4.41. The molecule has 7 nitrogen and oxygen atoms in total. The molecule has 0 aliphatic heterocycles. The van der Waals surface area contributed by atoms with Gasteiger partial charge < -0.3 is 10.2 Å². The van der Waals surface area contributed by atoms with Gasteiger partial charge in [-0.3, -0.25) is 13.9 Å². The smallest absolute Gasteiger partial charge is 0.244 e. The molecule has 9 heteroatoms. The van der Waals surface area contributed by atoms with Crippen molar-refractivity contribution in [1.29, 1.82) is 0 Å². The van der Waals surface area contributed by atoms with Crippen LogP contribution >= 0.6 is 0 Å². The number of hydrogen-bond acceptors (Lipinski definition) is 4. The van der Waals surface area contributed by atoms with Crippen molar-refractivity contribution in [1.82, 2.24) is 10.2 Å². The SMILES string of the molecule is CNC(=O)C(C)N(Cc1ccccc1)C(=O)CN(c1ccccc1F)S(C)(=O)=O. The highest BCUT2D eigenvalue weighted by atomic mass is 32.2. The van der Waals surface area contributed by atoms with Crippen LogP contribution < -0.4 is 9.62 Å². The van der Waals surface area contributed by atoms with Crippen LogP contribution in [0.5, 0.6) is 0 Å². The highest BCUT2D eigenvalue weighted by Crippen LogP contribution is 2.22. The molecule has 0 spiro atoms. The Morgan fingerprint density at radius 2 is 1.66 bits per heavy atom. The standard InChI is InChI=1S/C20H24FN3O4S/c1-15(20(26)22-2)23(13-16-9-5-4-6-10-16)19(25)14-24(29(3,27)28)18-12-8-7-11-17(18)21/h4-12,15H,13-14H2,1-3H3,(H,22,26). The number of nitrogens with zero attached hydrogens (tertiary/aromatic N) is 2. The molecule has 0 fully saturated rings. The average Bonchev–Trinajstić information content (AvgIpc) is 2.69. The molecule has 0 aliphatic rings. The second-order valence-corrected chi connectivity index (χ2v) is 8.43. The van der Waals surface area contributed by atoms with Gasteiger partial charge in [-0.05, 0) is 24.6 Å². The number of para-hydroxylation sites is 1. The van der Waals surface area contributed by atoms with E-state index in [4.69, 9.17) is 0 Å². The molecule has 2 aromatic carbocycles. The number of nitrogens with one attached hydrogen (secondary N) is 1. The molecule has 2 amide bonds. The largest absolute Gasteiger partial charge is 0.357 e. The molecule has 1 atom stereocenters. The van der Waals surface area contributed by atoms with Crippen molar-refractivity contribution in [3.8, 4) is 0 Å². The van der Waals surface area contributed by atoms with Gasteiger partial charge in [-0.15, -0.1) is 0 Å². The van der Waals surface area contributed by atoms with Gasteiger partial charge in [-0.25, -0.2) is 12.8 Å². The zero-order chi connectivity index (χ0) is 21.6. The number of carbonyl (C=O) groups is 2. The number of hydrogen-bond donors (Lipinski definition) is 1. The van der Waals surface area contributed by atoms with Crippen molar-refractivity contribution in [3.05, 3.63) is 66.0 Å². The third kappa shape index (κ3) is 5.77. The van der Waals surface area contributed by atoms with E-state index in [-0.39, 0.29) is 12.2 Å². The summed E-state index contributed by atoms with van der Waals surface area (Å²) in [6.45, 7) is 1.02. The number of carbonyl (C=O) groups excluding carboxylic acids is 2. The maximum atomic E-state index is 14.2. The first kappa shape index (κ1) is 22.4. The van der Waals surface area contributed by atoms with Crippen LogP contribution in [0.15, 0.2) is 54.6 Å². The van der Waals surface area contributed by atoms with Gasteiger partial charge in [0, 0.05) is 13.6 Å². The van der Waals surface area contributed by atoms with Crippen LogP contribution in [0.25, 0.3) is 0 Å². The summed E-state index contributed by atoms with van der Waals surface area (Å²) in [6, 6.07) is 13.5. The van der Waals surface area contributed by atoms with Crippen molar-refractivity contribution in [2.24, 2.45) is 0 Å². The Bertz CT molecular complexity index is 967. The maximum Gasteiger partial charge on any atom is 0.244 e. The summed E-state index contributed by atoms with van der Waals surface area (Å²) in [7, 11) is -2.50. The van der Waals surface area contributed by atoms with Crippen LogP contribution in [-0.4, -0.2) is 51.0 Å². The van der Waals surface area contributed by atoms with E-state index in [1.54, 1.807) is 31.2 Å². The Balaban J connectivity index is 2.37. The average molecular weight is 421 g/mol. The zero-order valence-electron chi connectivity index (χ0n) is 16.5. The molecular weight excluding hydrogens is 397 g/mol. The van der Waals surface area contributed by atoms with Crippen molar-refractivity contribution < 1.29 is 22.4 Å². The van der Waals surface area contributed by atoms with Gasteiger partial charge >= 0.3 is 0 Å².